The molecule has 1 aliphatic carbocycles. The zero-order chi connectivity index (χ0) is 23.4. The van der Waals surface area contributed by atoms with E-state index < -0.39 is 17.8 Å². The third-order valence-corrected chi connectivity index (χ3v) is 5.39. The largest absolute Gasteiger partial charge is 0.410 e. The highest BCUT2D eigenvalue weighted by molar-refractivity contribution is 6.26. The van der Waals surface area contributed by atoms with E-state index in [1.807, 2.05) is 30.3 Å². The van der Waals surface area contributed by atoms with Gasteiger partial charge in [0.15, 0.2) is 0 Å². The minimum Gasteiger partial charge on any atom is -0.410 e. The predicted molar refractivity (Wildman–Crippen MR) is 124 cm³/mol. The van der Waals surface area contributed by atoms with Crippen LogP contribution in [-0.2, 0) is 11.2 Å². The van der Waals surface area contributed by atoms with Crippen LogP contribution in [0.2, 0.25) is 0 Å². The van der Waals surface area contributed by atoms with Crippen molar-refractivity contribution in [2.75, 3.05) is 5.32 Å². The molecule has 0 aliphatic heterocycles. The van der Waals surface area contributed by atoms with E-state index in [1.54, 1.807) is 37.3 Å². The summed E-state index contributed by atoms with van der Waals surface area (Å²) in [5, 5.41) is 18.4. The van der Waals surface area contributed by atoms with Gasteiger partial charge in [-0.05, 0) is 36.3 Å². The number of anilines is 1. The topological polar surface area (TPSA) is 90.8 Å². The molecular formula is C26H22FN3O3. The molecule has 166 valence electrons. The maximum absolute atomic E-state index is 14.3. The number of oxime groups is 1. The van der Waals surface area contributed by atoms with Crippen molar-refractivity contribution in [3.63, 3.8) is 0 Å². The van der Waals surface area contributed by atoms with Crippen LogP contribution in [0.5, 0.6) is 0 Å². The van der Waals surface area contributed by atoms with Crippen LogP contribution in [0.25, 0.3) is 0 Å². The molecule has 0 aromatic heterocycles. The van der Waals surface area contributed by atoms with Crippen LogP contribution < -0.4 is 10.6 Å². The number of carbonyl (C=O) groups is 2. The summed E-state index contributed by atoms with van der Waals surface area (Å²) in [7, 11) is 0. The van der Waals surface area contributed by atoms with E-state index in [0.717, 1.165) is 11.1 Å². The van der Waals surface area contributed by atoms with Gasteiger partial charge in [0, 0.05) is 17.5 Å². The van der Waals surface area contributed by atoms with E-state index in [0.29, 0.717) is 11.1 Å². The quantitative estimate of drug-likeness (QED) is 0.393. The number of allylic oxidation sites excluding steroid dienone is 2. The van der Waals surface area contributed by atoms with Gasteiger partial charge in [0.1, 0.15) is 17.6 Å². The van der Waals surface area contributed by atoms with Crippen molar-refractivity contribution in [2.24, 2.45) is 5.16 Å². The third kappa shape index (κ3) is 4.82. The highest BCUT2D eigenvalue weighted by Crippen LogP contribution is 2.22. The first kappa shape index (κ1) is 22.0. The van der Waals surface area contributed by atoms with Gasteiger partial charge in [-0.1, -0.05) is 65.8 Å². The molecule has 0 radical (unpaired) electrons. The zero-order valence-corrected chi connectivity index (χ0v) is 17.9. The number of nitrogens with zero attached hydrogens (tertiary/aromatic N) is 1. The minimum absolute atomic E-state index is 0.0531. The predicted octanol–water partition coefficient (Wildman–Crippen LogP) is 4.23. The first-order valence-electron chi connectivity index (χ1n) is 10.4. The van der Waals surface area contributed by atoms with Gasteiger partial charge in [-0.3, -0.25) is 9.59 Å². The fourth-order valence-corrected chi connectivity index (χ4v) is 3.71. The molecule has 1 amide bonds. The van der Waals surface area contributed by atoms with Crippen LogP contribution in [-0.4, -0.2) is 28.7 Å². The molecule has 1 aliphatic rings. The molecule has 4 rings (SSSR count). The Kier molecular flexibility index (Phi) is 6.31. The lowest BCUT2D eigenvalue weighted by molar-refractivity contribution is -0.118. The Bertz CT molecular complexity index is 1270. The number of Topliss-reactive ketones (excluding diaryl/α,β-unsaturated/α-hetero) is 1. The summed E-state index contributed by atoms with van der Waals surface area (Å²) >= 11 is 0. The first-order chi connectivity index (χ1) is 16.0. The molecule has 1 atom stereocenters. The van der Waals surface area contributed by atoms with E-state index >= 15 is 0 Å². The molecule has 7 heteroatoms. The van der Waals surface area contributed by atoms with Gasteiger partial charge in [-0.15, -0.1) is 0 Å². The van der Waals surface area contributed by atoms with Gasteiger partial charge in [-0.2, -0.15) is 0 Å². The number of ketones is 1. The summed E-state index contributed by atoms with van der Waals surface area (Å²) in [4.78, 5) is 26.3. The summed E-state index contributed by atoms with van der Waals surface area (Å²) < 4.78 is 14.3. The number of hydrogen-bond donors (Lipinski definition) is 3. The molecule has 3 aromatic rings. The Morgan fingerprint density at radius 3 is 2.42 bits per heavy atom. The van der Waals surface area contributed by atoms with Gasteiger partial charge >= 0.3 is 0 Å². The fourth-order valence-electron chi connectivity index (χ4n) is 3.71. The zero-order valence-electron chi connectivity index (χ0n) is 17.9. The number of amides is 1. The molecule has 0 saturated carbocycles. The smallest absolute Gasteiger partial charge is 0.247 e. The van der Waals surface area contributed by atoms with Gasteiger partial charge in [0.2, 0.25) is 11.7 Å². The normalized spacial score (nSPS) is 14.9. The number of fused-ring (bicyclic) bond motifs is 1. The molecular weight excluding hydrogens is 421 g/mol. The molecule has 0 saturated heterocycles. The van der Waals surface area contributed by atoms with Crippen molar-refractivity contribution < 1.29 is 19.2 Å². The van der Waals surface area contributed by atoms with E-state index in [4.69, 9.17) is 0 Å². The number of rotatable bonds is 6. The summed E-state index contributed by atoms with van der Waals surface area (Å²) in [5.41, 5.74) is 2.82. The molecule has 3 aromatic carbocycles. The summed E-state index contributed by atoms with van der Waals surface area (Å²) in [6.45, 7) is 1.76. The lowest BCUT2D eigenvalue weighted by Gasteiger charge is -2.24. The van der Waals surface area contributed by atoms with Crippen molar-refractivity contribution in [3.05, 3.63) is 113 Å². The number of nitrogens with one attached hydrogen (secondary N) is 2. The van der Waals surface area contributed by atoms with Crippen LogP contribution in [0.15, 0.2) is 89.7 Å². The molecule has 33 heavy (non-hydrogen) atoms. The van der Waals surface area contributed by atoms with Crippen LogP contribution in [0.4, 0.5) is 10.1 Å². The average Bonchev–Trinajstić information content (AvgIpc) is 2.82. The summed E-state index contributed by atoms with van der Waals surface area (Å²) in [5.74, 6) is -1.37. The minimum atomic E-state index is -0.895. The van der Waals surface area contributed by atoms with Crippen molar-refractivity contribution in [1.82, 2.24) is 5.32 Å². The monoisotopic (exact) mass is 443 g/mol. The van der Waals surface area contributed by atoms with Crippen molar-refractivity contribution in [3.8, 4) is 0 Å². The van der Waals surface area contributed by atoms with Crippen LogP contribution in [0, 0.1) is 12.7 Å². The molecule has 0 spiro atoms. The van der Waals surface area contributed by atoms with Crippen LogP contribution >= 0.6 is 0 Å². The van der Waals surface area contributed by atoms with E-state index in [-0.39, 0.29) is 29.3 Å². The Morgan fingerprint density at radius 1 is 1.03 bits per heavy atom. The van der Waals surface area contributed by atoms with Crippen molar-refractivity contribution >= 4 is 23.1 Å². The lowest BCUT2D eigenvalue weighted by Crippen LogP contribution is -2.44. The molecule has 6 nitrogen and oxygen atoms in total. The third-order valence-electron chi connectivity index (χ3n) is 5.39. The Morgan fingerprint density at radius 2 is 1.73 bits per heavy atom. The lowest BCUT2D eigenvalue weighted by atomic mass is 9.91. The second-order valence-corrected chi connectivity index (χ2v) is 7.78. The SMILES string of the molecule is Cc1ccc(NC(=O)[C@@H](Cc2ccccc2)NC2=C/C(=N/O)c3ccccc3C2=O)c(F)c1. The Labute approximate surface area is 190 Å². The van der Waals surface area contributed by atoms with Gasteiger partial charge in [-0.25, -0.2) is 4.39 Å². The highest BCUT2D eigenvalue weighted by Gasteiger charge is 2.28. The van der Waals surface area contributed by atoms with Crippen LogP contribution in [0.1, 0.15) is 27.0 Å². The van der Waals surface area contributed by atoms with Gasteiger partial charge in [0.25, 0.3) is 0 Å². The summed E-state index contributed by atoms with van der Waals surface area (Å²) in [6, 6.07) is 19.7. The maximum Gasteiger partial charge on any atom is 0.247 e. The van der Waals surface area contributed by atoms with E-state index in [1.165, 1.54) is 18.2 Å². The fraction of sp³-hybridized carbons (Fsp3) is 0.115. The molecule has 0 heterocycles. The number of carbonyl (C=O) groups excluding carboxylic acids is 2. The van der Waals surface area contributed by atoms with Gasteiger partial charge < -0.3 is 15.8 Å². The molecule has 3 N–H and O–H groups in total. The molecule has 0 bridgehead atoms. The Balaban J connectivity index is 1.64. The number of benzene rings is 3. The van der Waals surface area contributed by atoms with Crippen molar-refractivity contribution in [2.45, 2.75) is 19.4 Å². The average molecular weight is 443 g/mol. The van der Waals surface area contributed by atoms with E-state index in [9.17, 15) is 19.2 Å². The highest BCUT2D eigenvalue weighted by atomic mass is 19.1. The number of hydrogen-bond acceptors (Lipinski definition) is 5. The number of halogens is 1. The standard InChI is InChI=1S/C26H22FN3O3/c1-16-11-12-21(20(27)13-16)29-26(32)24(14-17-7-3-2-4-8-17)28-23-15-22(30-33)18-9-5-6-10-19(18)25(23)31/h2-13,15,24,28,33H,14H2,1H3,(H,29,32)/b30-22-/t24-/m1/s1. The Hall–Kier alpha value is -4.26. The van der Waals surface area contributed by atoms with E-state index in [2.05, 4.69) is 15.8 Å². The van der Waals surface area contributed by atoms with Crippen molar-refractivity contribution in [1.29, 1.82) is 0 Å². The first-order valence-corrected chi connectivity index (χ1v) is 10.4. The molecule has 0 fully saturated rings. The van der Waals surface area contributed by atoms with Crippen LogP contribution in [0.3, 0.4) is 0 Å². The number of aryl methyl sites for hydroxylation is 1. The molecule has 0 unspecified atom stereocenters. The summed E-state index contributed by atoms with van der Waals surface area (Å²) in [6.07, 6.45) is 1.65. The second kappa shape index (κ2) is 9.48. The van der Waals surface area contributed by atoms with Gasteiger partial charge in [0.05, 0.1) is 11.4 Å². The second-order valence-electron chi connectivity index (χ2n) is 7.78. The maximum atomic E-state index is 14.3.